The van der Waals surface area contributed by atoms with Gasteiger partial charge in [0.15, 0.2) is 0 Å². The van der Waals surface area contributed by atoms with Gasteiger partial charge in [0.1, 0.15) is 5.60 Å². The third-order valence-corrected chi connectivity index (χ3v) is 5.17. The van der Waals surface area contributed by atoms with Crippen LogP contribution in [0.15, 0.2) is 18.7 Å². The van der Waals surface area contributed by atoms with Crippen molar-refractivity contribution in [1.82, 2.24) is 4.90 Å². The van der Waals surface area contributed by atoms with Gasteiger partial charge < -0.3 is 9.64 Å². The standard InChI is InChI=1S/C21H30N2O3.C5H12/c1-7-9-10-23(15(3)24)19-12-18-14-22(20(25)26-21(4,5)6)13-17(18)11-16(19)8-2;1-4-5(2)3/h8,11-12H,2,7,9-10,13-14H2,1,3-6H3;5H,4H2,1-3H3. The van der Waals surface area contributed by atoms with Crippen LogP contribution >= 0.6 is 0 Å². The van der Waals surface area contributed by atoms with Crippen molar-refractivity contribution in [3.63, 3.8) is 0 Å². The number of nitrogens with zero attached hydrogens (tertiary/aromatic N) is 2. The Balaban J connectivity index is 0.000000861. The van der Waals surface area contributed by atoms with Gasteiger partial charge in [-0.25, -0.2) is 4.79 Å². The Bertz CT molecular complexity index is 763. The molecule has 5 nitrogen and oxygen atoms in total. The van der Waals surface area contributed by atoms with Crippen LogP contribution in [0.25, 0.3) is 6.08 Å². The van der Waals surface area contributed by atoms with Crippen LogP contribution in [0.2, 0.25) is 0 Å². The number of fused-ring (bicyclic) bond motifs is 1. The minimum Gasteiger partial charge on any atom is -0.444 e. The Labute approximate surface area is 189 Å². The van der Waals surface area contributed by atoms with Gasteiger partial charge in [-0.2, -0.15) is 0 Å². The molecule has 0 aromatic heterocycles. The summed E-state index contributed by atoms with van der Waals surface area (Å²) in [5, 5.41) is 0. The predicted octanol–water partition coefficient (Wildman–Crippen LogP) is 6.79. The zero-order valence-corrected chi connectivity index (χ0v) is 20.9. The molecular formula is C26H42N2O3. The number of hydrogen-bond acceptors (Lipinski definition) is 3. The number of ether oxygens (including phenoxy) is 1. The Morgan fingerprint density at radius 3 is 2.16 bits per heavy atom. The molecule has 1 heterocycles. The molecule has 0 fully saturated rings. The Kier molecular flexibility index (Phi) is 10.3. The van der Waals surface area contributed by atoms with E-state index in [1.807, 2.05) is 32.9 Å². The van der Waals surface area contributed by atoms with E-state index in [1.54, 1.807) is 22.8 Å². The minimum atomic E-state index is -0.519. The van der Waals surface area contributed by atoms with E-state index < -0.39 is 5.60 Å². The van der Waals surface area contributed by atoms with Crippen LogP contribution in [-0.2, 0) is 22.6 Å². The molecule has 174 valence electrons. The lowest BCUT2D eigenvalue weighted by atomic mass is 10.0. The summed E-state index contributed by atoms with van der Waals surface area (Å²) < 4.78 is 5.48. The molecule has 1 aliphatic heterocycles. The quantitative estimate of drug-likeness (QED) is 0.499. The molecule has 2 amide bonds. The molecule has 1 aromatic carbocycles. The van der Waals surface area contributed by atoms with Crippen molar-refractivity contribution in [1.29, 1.82) is 0 Å². The third-order valence-electron chi connectivity index (χ3n) is 5.17. The highest BCUT2D eigenvalue weighted by atomic mass is 16.6. The maximum Gasteiger partial charge on any atom is 0.410 e. The number of amides is 2. The average molecular weight is 431 g/mol. The van der Waals surface area contributed by atoms with Crippen LogP contribution in [0.3, 0.4) is 0 Å². The van der Waals surface area contributed by atoms with Crippen molar-refractivity contribution in [2.75, 3.05) is 11.4 Å². The zero-order chi connectivity index (χ0) is 23.8. The van der Waals surface area contributed by atoms with Gasteiger partial charge in [0, 0.05) is 26.6 Å². The lowest BCUT2D eigenvalue weighted by Gasteiger charge is -2.24. The van der Waals surface area contributed by atoms with Gasteiger partial charge in [-0.05, 0) is 61.9 Å². The normalized spacial score (nSPS) is 12.7. The molecule has 0 saturated carbocycles. The van der Waals surface area contributed by atoms with Gasteiger partial charge in [0.25, 0.3) is 0 Å². The van der Waals surface area contributed by atoms with E-state index in [-0.39, 0.29) is 12.0 Å². The molecule has 0 N–H and O–H groups in total. The van der Waals surface area contributed by atoms with E-state index in [9.17, 15) is 9.59 Å². The monoisotopic (exact) mass is 430 g/mol. The van der Waals surface area contributed by atoms with Crippen molar-refractivity contribution >= 4 is 23.8 Å². The van der Waals surface area contributed by atoms with Crippen molar-refractivity contribution in [2.24, 2.45) is 5.92 Å². The number of rotatable bonds is 6. The second kappa shape index (κ2) is 11.9. The van der Waals surface area contributed by atoms with Crippen LogP contribution in [0.1, 0.15) is 91.3 Å². The molecule has 1 aliphatic rings. The third kappa shape index (κ3) is 8.39. The van der Waals surface area contributed by atoms with Crippen LogP contribution in [-0.4, -0.2) is 29.0 Å². The smallest absolute Gasteiger partial charge is 0.410 e. The van der Waals surface area contributed by atoms with E-state index in [1.165, 1.54) is 6.42 Å². The Hall–Kier alpha value is -2.30. The second-order valence-corrected chi connectivity index (χ2v) is 9.55. The molecule has 0 atom stereocenters. The Morgan fingerprint density at radius 2 is 1.74 bits per heavy atom. The maximum atomic E-state index is 12.4. The topological polar surface area (TPSA) is 49.9 Å². The number of carbonyl (C=O) groups excluding carboxylic acids is 2. The summed E-state index contributed by atoms with van der Waals surface area (Å²) >= 11 is 0. The second-order valence-electron chi connectivity index (χ2n) is 9.55. The molecule has 5 heteroatoms. The maximum absolute atomic E-state index is 12.4. The number of anilines is 1. The zero-order valence-electron chi connectivity index (χ0n) is 20.9. The fourth-order valence-corrected chi connectivity index (χ4v) is 3.07. The van der Waals surface area contributed by atoms with Crippen LogP contribution in [0.4, 0.5) is 10.5 Å². The van der Waals surface area contributed by atoms with Crippen molar-refractivity contribution in [3.05, 3.63) is 35.4 Å². The molecule has 0 radical (unpaired) electrons. The summed E-state index contributed by atoms with van der Waals surface area (Å²) in [6.07, 6.45) is 4.72. The van der Waals surface area contributed by atoms with Crippen molar-refractivity contribution in [2.45, 2.75) is 93.3 Å². The average Bonchev–Trinajstić information content (AvgIpc) is 3.09. The highest BCUT2D eigenvalue weighted by molar-refractivity contribution is 5.94. The lowest BCUT2D eigenvalue weighted by molar-refractivity contribution is -0.116. The number of unbranched alkanes of at least 4 members (excludes halogenated alkanes) is 1. The summed E-state index contributed by atoms with van der Waals surface area (Å²) in [5.74, 6) is 0.901. The minimum absolute atomic E-state index is 0.0171. The van der Waals surface area contributed by atoms with Crippen molar-refractivity contribution < 1.29 is 14.3 Å². The molecule has 0 saturated heterocycles. The van der Waals surface area contributed by atoms with E-state index >= 15 is 0 Å². The summed E-state index contributed by atoms with van der Waals surface area (Å²) in [4.78, 5) is 28.0. The first-order chi connectivity index (χ1) is 14.4. The molecule has 2 rings (SSSR count). The SMILES string of the molecule is C=Cc1cc2c(cc1N(CCCC)C(C)=O)CN(C(=O)OC(C)(C)C)C2.CCC(C)C. The molecular weight excluding hydrogens is 388 g/mol. The molecule has 0 unspecified atom stereocenters. The Morgan fingerprint density at radius 1 is 1.19 bits per heavy atom. The summed E-state index contributed by atoms with van der Waals surface area (Å²) in [5.41, 5.74) is 3.40. The van der Waals surface area contributed by atoms with Crippen LogP contribution < -0.4 is 4.90 Å². The fraction of sp³-hybridized carbons (Fsp3) is 0.615. The molecule has 0 aliphatic carbocycles. The summed E-state index contributed by atoms with van der Waals surface area (Å²) in [7, 11) is 0. The van der Waals surface area contributed by atoms with Crippen LogP contribution in [0, 0.1) is 5.92 Å². The molecule has 1 aromatic rings. The highest BCUT2D eigenvalue weighted by Crippen LogP contribution is 2.32. The molecule has 31 heavy (non-hydrogen) atoms. The van der Waals surface area contributed by atoms with Gasteiger partial charge in [0.05, 0.1) is 5.69 Å². The van der Waals surface area contributed by atoms with Crippen LogP contribution in [0.5, 0.6) is 0 Å². The first kappa shape index (κ1) is 26.7. The summed E-state index contributed by atoms with van der Waals surface area (Å²) in [6, 6.07) is 4.05. The fourth-order valence-electron chi connectivity index (χ4n) is 3.07. The van der Waals surface area contributed by atoms with Crippen molar-refractivity contribution in [3.8, 4) is 0 Å². The molecule has 0 spiro atoms. The van der Waals surface area contributed by atoms with Gasteiger partial charge >= 0.3 is 6.09 Å². The largest absolute Gasteiger partial charge is 0.444 e. The van der Waals surface area contributed by atoms with Gasteiger partial charge in [-0.1, -0.05) is 53.2 Å². The number of benzene rings is 1. The first-order valence-corrected chi connectivity index (χ1v) is 11.5. The highest BCUT2D eigenvalue weighted by Gasteiger charge is 2.29. The van der Waals surface area contributed by atoms with E-state index in [2.05, 4.69) is 34.3 Å². The van der Waals surface area contributed by atoms with E-state index in [4.69, 9.17) is 4.74 Å². The van der Waals surface area contributed by atoms with Gasteiger partial charge in [0.2, 0.25) is 5.91 Å². The summed E-state index contributed by atoms with van der Waals surface area (Å²) in [6.45, 7) is 21.5. The van der Waals surface area contributed by atoms with Gasteiger partial charge in [-0.15, -0.1) is 0 Å². The number of hydrogen-bond donors (Lipinski definition) is 0. The lowest BCUT2D eigenvalue weighted by Crippen LogP contribution is -2.33. The van der Waals surface area contributed by atoms with Gasteiger partial charge in [-0.3, -0.25) is 9.69 Å². The molecule has 0 bridgehead atoms. The predicted molar refractivity (Wildman–Crippen MR) is 130 cm³/mol. The first-order valence-electron chi connectivity index (χ1n) is 11.5. The van der Waals surface area contributed by atoms with E-state index in [0.29, 0.717) is 19.6 Å². The van der Waals surface area contributed by atoms with E-state index in [0.717, 1.165) is 41.1 Å². The number of carbonyl (C=O) groups is 2.